The van der Waals surface area contributed by atoms with Gasteiger partial charge in [0.05, 0.1) is 18.6 Å². The Bertz CT molecular complexity index is 832. The maximum absolute atomic E-state index is 12.3. The molecule has 0 aliphatic carbocycles. The molecule has 2 aromatic carbocycles. The molecule has 0 saturated carbocycles. The minimum atomic E-state index is -0.567. The zero-order chi connectivity index (χ0) is 18.4. The third kappa shape index (κ3) is 4.65. The second-order valence-electron chi connectivity index (χ2n) is 5.13. The predicted octanol–water partition coefficient (Wildman–Crippen LogP) is 4.30. The number of carbonyl (C=O) groups excluding carboxylic acids is 1. The lowest BCUT2D eigenvalue weighted by molar-refractivity contribution is -0.384. The minimum absolute atomic E-state index is 0.0489. The van der Waals surface area contributed by atoms with Crippen molar-refractivity contribution in [3.05, 3.63) is 74.3 Å². The number of hydrogen-bond donors (Lipinski definition) is 0. The van der Waals surface area contributed by atoms with E-state index in [4.69, 9.17) is 21.1 Å². The molecule has 0 unspecified atom stereocenters. The van der Waals surface area contributed by atoms with E-state index in [0.717, 1.165) is 5.56 Å². The fourth-order valence-electron chi connectivity index (χ4n) is 2.24. The Labute approximate surface area is 149 Å². The predicted molar refractivity (Wildman–Crippen MR) is 95.2 cm³/mol. The average Bonchev–Trinajstić information content (AvgIpc) is 2.60. The topological polar surface area (TPSA) is 78.7 Å². The maximum Gasteiger partial charge on any atom is 0.288 e. The summed E-state index contributed by atoms with van der Waals surface area (Å²) in [5.41, 5.74) is 1.53. The highest BCUT2D eigenvalue weighted by Crippen LogP contribution is 2.26. The quantitative estimate of drug-likeness (QED) is 0.318. The molecule has 7 heteroatoms. The Kier molecular flexibility index (Phi) is 6.27. The number of nitro groups is 1. The normalized spacial score (nSPS) is 10.8. The van der Waals surface area contributed by atoms with Crippen LogP contribution >= 0.6 is 11.6 Å². The molecule has 0 heterocycles. The summed E-state index contributed by atoms with van der Waals surface area (Å²) in [5.74, 6) is 0.397. The lowest BCUT2D eigenvalue weighted by atomic mass is 10.1. The molecule has 0 fully saturated rings. The van der Waals surface area contributed by atoms with Crippen LogP contribution in [0.15, 0.2) is 42.5 Å². The van der Waals surface area contributed by atoms with Gasteiger partial charge in [0.1, 0.15) is 10.8 Å². The molecular weight excluding hydrogens is 346 g/mol. The summed E-state index contributed by atoms with van der Waals surface area (Å²) in [7, 11) is 3.10. The second-order valence-corrected chi connectivity index (χ2v) is 5.53. The van der Waals surface area contributed by atoms with E-state index >= 15 is 0 Å². The highest BCUT2D eigenvalue weighted by Gasteiger charge is 2.12. The summed E-state index contributed by atoms with van der Waals surface area (Å²) in [6, 6.07) is 9.38. The van der Waals surface area contributed by atoms with Gasteiger partial charge in [-0.25, -0.2) is 0 Å². The molecule has 0 radical (unpaired) electrons. The highest BCUT2D eigenvalue weighted by molar-refractivity contribution is 6.32. The lowest BCUT2D eigenvalue weighted by Crippen LogP contribution is -2.00. The van der Waals surface area contributed by atoms with Crippen molar-refractivity contribution in [2.24, 2.45) is 0 Å². The summed E-state index contributed by atoms with van der Waals surface area (Å²) in [6.45, 7) is 0.317. The number of benzene rings is 2. The molecule has 0 N–H and O–H groups in total. The van der Waals surface area contributed by atoms with Gasteiger partial charge in [-0.15, -0.1) is 0 Å². The minimum Gasteiger partial charge on any atom is -0.496 e. The van der Waals surface area contributed by atoms with Crippen molar-refractivity contribution in [2.75, 3.05) is 14.2 Å². The van der Waals surface area contributed by atoms with E-state index in [2.05, 4.69) is 0 Å². The number of hydrogen-bond acceptors (Lipinski definition) is 5. The molecule has 6 nitrogen and oxygen atoms in total. The van der Waals surface area contributed by atoms with E-state index in [1.807, 2.05) is 0 Å². The molecule has 0 saturated heterocycles. The summed E-state index contributed by atoms with van der Waals surface area (Å²) >= 11 is 5.77. The van der Waals surface area contributed by atoms with Gasteiger partial charge in [0.2, 0.25) is 0 Å². The molecule has 0 spiro atoms. The number of methoxy groups -OCH3 is 2. The van der Waals surface area contributed by atoms with Gasteiger partial charge in [-0.2, -0.15) is 0 Å². The number of rotatable bonds is 7. The van der Waals surface area contributed by atoms with E-state index < -0.39 is 4.92 Å². The van der Waals surface area contributed by atoms with Gasteiger partial charge < -0.3 is 9.47 Å². The zero-order valence-corrected chi connectivity index (χ0v) is 14.4. The van der Waals surface area contributed by atoms with E-state index in [9.17, 15) is 14.9 Å². The number of ketones is 1. The molecule has 0 aliphatic rings. The van der Waals surface area contributed by atoms with E-state index in [-0.39, 0.29) is 16.5 Å². The number of ether oxygens (including phenoxy) is 2. The first kappa shape index (κ1) is 18.6. The first-order chi connectivity index (χ1) is 12.0. The highest BCUT2D eigenvalue weighted by atomic mass is 35.5. The Balaban J connectivity index is 2.24. The van der Waals surface area contributed by atoms with Gasteiger partial charge in [-0.3, -0.25) is 14.9 Å². The van der Waals surface area contributed by atoms with Crippen LogP contribution in [0, 0.1) is 10.1 Å². The van der Waals surface area contributed by atoms with Crippen molar-refractivity contribution in [3.63, 3.8) is 0 Å². The van der Waals surface area contributed by atoms with Crippen LogP contribution < -0.4 is 4.74 Å². The third-order valence-electron chi connectivity index (χ3n) is 3.46. The summed E-state index contributed by atoms with van der Waals surface area (Å²) in [4.78, 5) is 22.7. The van der Waals surface area contributed by atoms with E-state index in [1.54, 1.807) is 38.5 Å². The monoisotopic (exact) mass is 361 g/mol. The van der Waals surface area contributed by atoms with Gasteiger partial charge in [0.25, 0.3) is 5.69 Å². The molecule has 0 aliphatic heterocycles. The maximum atomic E-state index is 12.3. The molecule has 25 heavy (non-hydrogen) atoms. The fraction of sp³-hybridized carbons (Fsp3) is 0.167. The van der Waals surface area contributed by atoms with Gasteiger partial charge in [0, 0.05) is 24.3 Å². The Morgan fingerprint density at radius 2 is 2.00 bits per heavy atom. The smallest absolute Gasteiger partial charge is 0.288 e. The first-order valence-electron chi connectivity index (χ1n) is 7.28. The van der Waals surface area contributed by atoms with Gasteiger partial charge in [-0.05, 0) is 35.9 Å². The van der Waals surface area contributed by atoms with Crippen molar-refractivity contribution in [1.82, 2.24) is 0 Å². The molecule has 130 valence electrons. The van der Waals surface area contributed by atoms with Crippen LogP contribution in [-0.2, 0) is 11.3 Å². The number of allylic oxidation sites excluding steroid dienone is 1. The van der Waals surface area contributed by atoms with Crippen LogP contribution in [0.1, 0.15) is 21.5 Å². The second kappa shape index (κ2) is 8.41. The van der Waals surface area contributed by atoms with Gasteiger partial charge >= 0.3 is 0 Å². The molecule has 0 amide bonds. The summed E-state index contributed by atoms with van der Waals surface area (Å²) < 4.78 is 10.3. The summed E-state index contributed by atoms with van der Waals surface area (Å²) in [5, 5.41) is 10.9. The number of nitrogens with zero attached hydrogens (tertiary/aromatic N) is 1. The van der Waals surface area contributed by atoms with E-state index in [0.29, 0.717) is 23.5 Å². The van der Waals surface area contributed by atoms with Crippen LogP contribution in [0.3, 0.4) is 0 Å². The molecule has 2 rings (SSSR count). The lowest BCUT2D eigenvalue weighted by Gasteiger charge is -2.08. The average molecular weight is 362 g/mol. The van der Waals surface area contributed by atoms with Crippen molar-refractivity contribution >= 4 is 29.1 Å². The van der Waals surface area contributed by atoms with Crippen LogP contribution in [0.4, 0.5) is 5.69 Å². The van der Waals surface area contributed by atoms with Crippen LogP contribution in [-0.4, -0.2) is 24.9 Å². The van der Waals surface area contributed by atoms with E-state index in [1.165, 1.54) is 24.3 Å². The molecular formula is C18H16ClNO5. The van der Waals surface area contributed by atoms with Crippen molar-refractivity contribution in [1.29, 1.82) is 0 Å². The van der Waals surface area contributed by atoms with Gasteiger partial charge in [0.15, 0.2) is 5.78 Å². The molecule has 0 atom stereocenters. The zero-order valence-electron chi connectivity index (χ0n) is 13.7. The SMILES string of the molecule is COCc1cc(C(=O)/C=C/c2ccc(Cl)c([N+](=O)[O-])c2)ccc1OC. The van der Waals surface area contributed by atoms with Gasteiger partial charge in [-0.1, -0.05) is 23.7 Å². The molecule has 2 aromatic rings. The van der Waals surface area contributed by atoms with Crippen molar-refractivity contribution in [2.45, 2.75) is 6.61 Å². The Morgan fingerprint density at radius 3 is 2.64 bits per heavy atom. The molecule has 0 aromatic heterocycles. The van der Waals surface area contributed by atoms with Crippen LogP contribution in [0.2, 0.25) is 5.02 Å². The fourth-order valence-corrected chi connectivity index (χ4v) is 2.43. The molecule has 0 bridgehead atoms. The first-order valence-corrected chi connectivity index (χ1v) is 7.66. The number of carbonyl (C=O) groups is 1. The largest absolute Gasteiger partial charge is 0.496 e. The van der Waals surface area contributed by atoms with Crippen molar-refractivity contribution < 1.29 is 19.2 Å². The van der Waals surface area contributed by atoms with Crippen molar-refractivity contribution in [3.8, 4) is 5.75 Å². The standard InChI is InChI=1S/C18H16ClNO5/c1-24-11-14-10-13(5-8-18(14)25-2)17(21)7-4-12-3-6-15(19)16(9-12)20(22)23/h3-10H,11H2,1-2H3/b7-4+. The number of nitro benzene ring substituents is 1. The Hall–Kier alpha value is -2.70. The third-order valence-corrected chi connectivity index (χ3v) is 3.78. The Morgan fingerprint density at radius 1 is 1.24 bits per heavy atom. The van der Waals surface area contributed by atoms with Crippen LogP contribution in [0.25, 0.3) is 6.08 Å². The van der Waals surface area contributed by atoms with Crippen LogP contribution in [0.5, 0.6) is 5.75 Å². The number of halogens is 1. The summed E-state index contributed by atoms with van der Waals surface area (Å²) in [6.07, 6.45) is 2.86.